The van der Waals surface area contributed by atoms with Gasteiger partial charge < -0.3 is 15.4 Å². The van der Waals surface area contributed by atoms with E-state index in [1.165, 1.54) is 16.9 Å². The van der Waals surface area contributed by atoms with Gasteiger partial charge in [-0.2, -0.15) is 0 Å². The second-order valence-electron chi connectivity index (χ2n) is 5.93. The minimum atomic E-state index is 0. The molecule has 2 heterocycles. The third-order valence-corrected chi connectivity index (χ3v) is 5.13. The van der Waals surface area contributed by atoms with Gasteiger partial charge in [-0.05, 0) is 24.8 Å². The van der Waals surface area contributed by atoms with Crippen LogP contribution >= 0.6 is 23.7 Å². The highest BCUT2D eigenvalue weighted by molar-refractivity contribution is 7.09. The van der Waals surface area contributed by atoms with Crippen LogP contribution in [0.25, 0.3) is 0 Å². The van der Waals surface area contributed by atoms with Crippen LogP contribution in [0.1, 0.15) is 33.9 Å². The minimum absolute atomic E-state index is 0. The first kappa shape index (κ1) is 19.8. The summed E-state index contributed by atoms with van der Waals surface area (Å²) in [6, 6.07) is 10.4. The van der Waals surface area contributed by atoms with Crippen LogP contribution in [0.4, 0.5) is 0 Å². The van der Waals surface area contributed by atoms with E-state index in [4.69, 9.17) is 10.5 Å². The lowest BCUT2D eigenvalue weighted by Gasteiger charge is -2.31. The quantitative estimate of drug-likeness (QED) is 0.835. The molecule has 0 radical (unpaired) electrons. The molecule has 25 heavy (non-hydrogen) atoms. The fraction of sp³-hybridized carbons (Fsp3) is 0.444. The van der Waals surface area contributed by atoms with Crippen LogP contribution in [-0.4, -0.2) is 41.6 Å². The van der Waals surface area contributed by atoms with Crippen LogP contribution in [0.2, 0.25) is 0 Å². The van der Waals surface area contributed by atoms with E-state index in [1.807, 2.05) is 23.1 Å². The fourth-order valence-electron chi connectivity index (χ4n) is 2.88. The molecule has 2 N–H and O–H groups in total. The van der Waals surface area contributed by atoms with E-state index < -0.39 is 0 Å². The normalized spacial score (nSPS) is 15.0. The summed E-state index contributed by atoms with van der Waals surface area (Å²) in [5.74, 6) is 0.00804. The molecule has 0 atom stereocenters. The molecule has 1 aliphatic heterocycles. The van der Waals surface area contributed by atoms with Crippen molar-refractivity contribution in [2.75, 3.05) is 19.7 Å². The number of likely N-dealkylation sites (tertiary alicyclic amines) is 1. The fourth-order valence-corrected chi connectivity index (χ4v) is 3.53. The smallest absolute Gasteiger partial charge is 0.273 e. The first-order chi connectivity index (χ1) is 11.8. The molecule has 1 aromatic carbocycles. The van der Waals surface area contributed by atoms with Crippen molar-refractivity contribution in [1.29, 1.82) is 0 Å². The number of nitrogens with zero attached hydrogens (tertiary/aromatic N) is 2. The lowest BCUT2D eigenvalue weighted by Crippen LogP contribution is -2.41. The zero-order valence-corrected chi connectivity index (χ0v) is 15.7. The molecule has 0 spiro atoms. The second kappa shape index (κ2) is 9.87. The van der Waals surface area contributed by atoms with Gasteiger partial charge in [0.15, 0.2) is 0 Å². The Morgan fingerprint density at radius 3 is 2.64 bits per heavy atom. The van der Waals surface area contributed by atoms with Gasteiger partial charge in [0.05, 0.1) is 12.7 Å². The molecule has 1 saturated heterocycles. The Morgan fingerprint density at radius 2 is 2.00 bits per heavy atom. The van der Waals surface area contributed by atoms with Gasteiger partial charge in [0.1, 0.15) is 10.7 Å². The lowest BCUT2D eigenvalue weighted by molar-refractivity contribution is 0.00990. The van der Waals surface area contributed by atoms with Gasteiger partial charge in [0.2, 0.25) is 0 Å². The Hall–Kier alpha value is -1.47. The Morgan fingerprint density at radius 1 is 1.28 bits per heavy atom. The van der Waals surface area contributed by atoms with Crippen molar-refractivity contribution in [2.24, 2.45) is 5.73 Å². The van der Waals surface area contributed by atoms with E-state index in [9.17, 15) is 4.79 Å². The molecular formula is C18H24ClN3O2S. The zero-order chi connectivity index (χ0) is 16.8. The van der Waals surface area contributed by atoms with Gasteiger partial charge in [-0.15, -0.1) is 23.7 Å². The maximum Gasteiger partial charge on any atom is 0.273 e. The monoisotopic (exact) mass is 381 g/mol. The maximum atomic E-state index is 12.4. The molecule has 0 saturated carbocycles. The number of hydrogen-bond acceptors (Lipinski definition) is 5. The number of hydrogen-bond donors (Lipinski definition) is 1. The summed E-state index contributed by atoms with van der Waals surface area (Å²) < 4.78 is 5.97. The number of halogens is 1. The van der Waals surface area contributed by atoms with Gasteiger partial charge in [-0.25, -0.2) is 4.98 Å². The van der Waals surface area contributed by atoms with E-state index in [1.54, 1.807) is 5.38 Å². The van der Waals surface area contributed by atoms with Crippen LogP contribution in [0, 0.1) is 0 Å². The van der Waals surface area contributed by atoms with Crippen molar-refractivity contribution in [2.45, 2.75) is 31.9 Å². The minimum Gasteiger partial charge on any atom is -0.378 e. The molecule has 0 aliphatic carbocycles. The van der Waals surface area contributed by atoms with Gasteiger partial charge in [0.25, 0.3) is 5.91 Å². The third kappa shape index (κ3) is 5.51. The van der Waals surface area contributed by atoms with Gasteiger partial charge in [-0.1, -0.05) is 30.3 Å². The Bertz CT molecular complexity index is 657. The SMILES string of the molecule is Cl.NCc1nc(C(=O)N2CCC(OCCc3ccccc3)CC2)cs1. The molecule has 1 aliphatic rings. The van der Waals surface area contributed by atoms with Crippen LogP contribution in [0.5, 0.6) is 0 Å². The molecule has 7 heteroatoms. The summed E-state index contributed by atoms with van der Waals surface area (Å²) in [6.07, 6.45) is 2.94. The van der Waals surface area contributed by atoms with Crippen molar-refractivity contribution in [3.05, 3.63) is 52.0 Å². The third-order valence-electron chi connectivity index (χ3n) is 4.26. The second-order valence-corrected chi connectivity index (χ2v) is 6.87. The van der Waals surface area contributed by atoms with Crippen molar-refractivity contribution >= 4 is 29.7 Å². The highest BCUT2D eigenvalue weighted by Crippen LogP contribution is 2.18. The molecule has 136 valence electrons. The number of nitrogens with two attached hydrogens (primary N) is 1. The first-order valence-corrected chi connectivity index (χ1v) is 9.23. The summed E-state index contributed by atoms with van der Waals surface area (Å²) in [7, 11) is 0. The van der Waals surface area contributed by atoms with Crippen LogP contribution < -0.4 is 5.73 Å². The highest BCUT2D eigenvalue weighted by Gasteiger charge is 2.25. The lowest BCUT2D eigenvalue weighted by atomic mass is 10.1. The molecule has 2 aromatic rings. The zero-order valence-electron chi connectivity index (χ0n) is 14.1. The first-order valence-electron chi connectivity index (χ1n) is 8.35. The molecule has 1 amide bonds. The van der Waals surface area contributed by atoms with Crippen molar-refractivity contribution < 1.29 is 9.53 Å². The van der Waals surface area contributed by atoms with Crippen molar-refractivity contribution in [1.82, 2.24) is 9.88 Å². The summed E-state index contributed by atoms with van der Waals surface area (Å²) in [5, 5.41) is 2.60. The Balaban J connectivity index is 0.00000225. The van der Waals surface area contributed by atoms with Gasteiger partial charge in [-0.3, -0.25) is 4.79 Å². The average Bonchev–Trinajstić information content (AvgIpc) is 3.12. The average molecular weight is 382 g/mol. The predicted octanol–water partition coefficient (Wildman–Crippen LogP) is 2.89. The topological polar surface area (TPSA) is 68.5 Å². The number of thiazole rings is 1. The van der Waals surface area contributed by atoms with E-state index >= 15 is 0 Å². The van der Waals surface area contributed by atoms with Crippen molar-refractivity contribution in [3.63, 3.8) is 0 Å². The standard InChI is InChI=1S/C18H23N3O2S.ClH/c19-12-17-20-16(13-24-17)18(22)21-9-6-15(7-10-21)23-11-8-14-4-2-1-3-5-14;/h1-5,13,15H,6-12,19H2;1H. The number of ether oxygens (including phenoxy) is 1. The number of benzene rings is 1. The highest BCUT2D eigenvalue weighted by atomic mass is 35.5. The maximum absolute atomic E-state index is 12.4. The largest absolute Gasteiger partial charge is 0.378 e. The predicted molar refractivity (Wildman–Crippen MR) is 102 cm³/mol. The van der Waals surface area contributed by atoms with E-state index in [0.717, 1.165) is 44.0 Å². The molecule has 1 aromatic heterocycles. The number of carbonyl (C=O) groups excluding carboxylic acids is 1. The number of carbonyl (C=O) groups is 1. The summed E-state index contributed by atoms with van der Waals surface area (Å²) in [6.45, 7) is 2.57. The summed E-state index contributed by atoms with van der Waals surface area (Å²) >= 11 is 1.44. The Kier molecular flexibility index (Phi) is 7.84. The van der Waals surface area contributed by atoms with Gasteiger partial charge >= 0.3 is 0 Å². The van der Waals surface area contributed by atoms with E-state index in [2.05, 4.69) is 17.1 Å². The molecule has 0 unspecified atom stereocenters. The van der Waals surface area contributed by atoms with Crippen molar-refractivity contribution in [3.8, 4) is 0 Å². The Labute approximate surface area is 158 Å². The summed E-state index contributed by atoms with van der Waals surface area (Å²) in [5.41, 5.74) is 7.37. The van der Waals surface area contributed by atoms with Gasteiger partial charge in [0, 0.05) is 25.0 Å². The number of rotatable bonds is 6. The molecule has 5 nitrogen and oxygen atoms in total. The van der Waals surface area contributed by atoms with Crippen LogP contribution in [0.3, 0.4) is 0 Å². The molecule has 0 bridgehead atoms. The van der Waals surface area contributed by atoms with E-state index in [-0.39, 0.29) is 24.4 Å². The summed E-state index contributed by atoms with van der Waals surface area (Å²) in [4.78, 5) is 18.6. The van der Waals surface area contributed by atoms with Crippen LogP contribution in [-0.2, 0) is 17.7 Å². The number of amides is 1. The van der Waals surface area contributed by atoms with E-state index in [0.29, 0.717) is 12.2 Å². The number of piperidine rings is 1. The molecule has 3 rings (SSSR count). The number of aromatic nitrogens is 1. The molecular weight excluding hydrogens is 358 g/mol. The van der Waals surface area contributed by atoms with Crippen LogP contribution in [0.15, 0.2) is 35.7 Å². The molecule has 1 fully saturated rings.